The van der Waals surface area contributed by atoms with Gasteiger partial charge in [0.2, 0.25) is 10.0 Å². The van der Waals surface area contributed by atoms with Crippen LogP contribution in [0.3, 0.4) is 0 Å². The summed E-state index contributed by atoms with van der Waals surface area (Å²) in [4.78, 5) is 11.7. The fourth-order valence-electron chi connectivity index (χ4n) is 1.79. The van der Waals surface area contributed by atoms with Crippen molar-refractivity contribution < 1.29 is 17.9 Å². The standard InChI is InChI=1S/C17H15Cl2NO4S/c18-15-7-6-14(16(19)10-15)12-24-17(21)11-20-25(22,23)9-8-13-4-2-1-3-5-13/h1-10,20H,11-12H2/b9-8+. The van der Waals surface area contributed by atoms with Crippen LogP contribution in [0.2, 0.25) is 10.0 Å². The second-order valence-corrected chi connectivity index (χ2v) is 7.47. The Labute approximate surface area is 156 Å². The molecule has 2 rings (SSSR count). The third-order valence-corrected chi connectivity index (χ3v) is 4.69. The third-order valence-electron chi connectivity index (χ3n) is 3.06. The first-order valence-electron chi connectivity index (χ1n) is 7.18. The number of esters is 1. The van der Waals surface area contributed by atoms with Crippen molar-refractivity contribution in [3.8, 4) is 0 Å². The van der Waals surface area contributed by atoms with Crippen LogP contribution >= 0.6 is 23.2 Å². The van der Waals surface area contributed by atoms with Crippen LogP contribution in [0.4, 0.5) is 0 Å². The van der Waals surface area contributed by atoms with E-state index in [-0.39, 0.29) is 6.61 Å². The third kappa shape index (κ3) is 6.88. The van der Waals surface area contributed by atoms with E-state index in [4.69, 9.17) is 27.9 Å². The summed E-state index contributed by atoms with van der Waals surface area (Å²) in [6.45, 7) is -0.552. The molecule has 0 amide bonds. The fraction of sp³-hybridized carbons (Fsp3) is 0.118. The molecule has 1 N–H and O–H groups in total. The Hall–Kier alpha value is -1.86. The van der Waals surface area contributed by atoms with Crippen LogP contribution in [-0.2, 0) is 26.2 Å². The molecule has 0 aliphatic rings. The van der Waals surface area contributed by atoms with Gasteiger partial charge >= 0.3 is 5.97 Å². The molecule has 2 aromatic carbocycles. The molecule has 0 heterocycles. The van der Waals surface area contributed by atoms with Gasteiger partial charge in [-0.15, -0.1) is 0 Å². The number of hydrogen-bond acceptors (Lipinski definition) is 4. The van der Waals surface area contributed by atoms with E-state index in [2.05, 4.69) is 4.72 Å². The molecule has 0 bridgehead atoms. The number of hydrogen-bond donors (Lipinski definition) is 1. The van der Waals surface area contributed by atoms with Crippen molar-refractivity contribution in [2.75, 3.05) is 6.54 Å². The van der Waals surface area contributed by atoms with Crippen LogP contribution in [0, 0.1) is 0 Å². The van der Waals surface area contributed by atoms with Gasteiger partial charge in [0, 0.05) is 21.0 Å². The predicted octanol–water partition coefficient (Wildman–Crippen LogP) is 3.63. The van der Waals surface area contributed by atoms with E-state index < -0.39 is 22.5 Å². The lowest BCUT2D eigenvalue weighted by Crippen LogP contribution is -2.29. The summed E-state index contributed by atoms with van der Waals surface area (Å²) in [5, 5.41) is 1.83. The molecule has 0 radical (unpaired) electrons. The maximum Gasteiger partial charge on any atom is 0.321 e. The molecule has 0 saturated carbocycles. The average molecular weight is 400 g/mol. The Balaban J connectivity index is 1.83. The van der Waals surface area contributed by atoms with Gasteiger partial charge in [-0.2, -0.15) is 0 Å². The minimum atomic E-state index is -3.75. The number of benzene rings is 2. The lowest BCUT2D eigenvalue weighted by molar-refractivity contribution is -0.143. The van der Waals surface area contributed by atoms with E-state index in [1.54, 1.807) is 36.4 Å². The summed E-state index contributed by atoms with van der Waals surface area (Å²) < 4.78 is 30.8. The molecule has 0 saturated heterocycles. The Morgan fingerprint density at radius 3 is 2.52 bits per heavy atom. The first kappa shape index (κ1) is 19.5. The zero-order valence-corrected chi connectivity index (χ0v) is 15.3. The van der Waals surface area contributed by atoms with Crippen LogP contribution < -0.4 is 4.72 Å². The minimum Gasteiger partial charge on any atom is -0.460 e. The number of ether oxygens (including phenoxy) is 1. The second-order valence-electron chi connectivity index (χ2n) is 4.98. The molecule has 132 valence electrons. The minimum absolute atomic E-state index is 0.0730. The van der Waals surface area contributed by atoms with Gasteiger partial charge < -0.3 is 4.74 Å². The molecule has 8 heteroatoms. The quantitative estimate of drug-likeness (QED) is 0.721. The van der Waals surface area contributed by atoms with Gasteiger partial charge in [0.05, 0.1) is 0 Å². The fourth-order valence-corrected chi connectivity index (χ4v) is 3.00. The summed E-state index contributed by atoms with van der Waals surface area (Å²) >= 11 is 11.7. The Kier molecular flexibility index (Phi) is 7.01. The van der Waals surface area contributed by atoms with Gasteiger partial charge in [0.15, 0.2) is 0 Å². The highest BCUT2D eigenvalue weighted by Crippen LogP contribution is 2.21. The molecule has 0 atom stereocenters. The Morgan fingerprint density at radius 1 is 1.12 bits per heavy atom. The van der Waals surface area contributed by atoms with Crippen LogP contribution in [0.5, 0.6) is 0 Å². The number of carbonyl (C=O) groups excluding carboxylic acids is 1. The van der Waals surface area contributed by atoms with Crippen molar-refractivity contribution in [2.24, 2.45) is 0 Å². The molecule has 0 unspecified atom stereocenters. The maximum absolute atomic E-state index is 11.8. The first-order chi connectivity index (χ1) is 11.9. The van der Waals surface area contributed by atoms with Gasteiger partial charge in [-0.3, -0.25) is 4.79 Å². The molecule has 5 nitrogen and oxygen atoms in total. The molecular formula is C17H15Cl2NO4S. The van der Waals surface area contributed by atoms with E-state index in [0.717, 1.165) is 11.0 Å². The Bertz CT molecular complexity index is 867. The molecule has 25 heavy (non-hydrogen) atoms. The zero-order chi connectivity index (χ0) is 18.3. The van der Waals surface area contributed by atoms with Gasteiger partial charge in [-0.05, 0) is 23.8 Å². The lowest BCUT2D eigenvalue weighted by atomic mass is 10.2. The summed E-state index contributed by atoms with van der Waals surface area (Å²) in [6.07, 6.45) is 1.43. The smallest absolute Gasteiger partial charge is 0.321 e. The number of carbonyl (C=O) groups is 1. The van der Waals surface area contributed by atoms with Gasteiger partial charge in [-0.1, -0.05) is 59.6 Å². The summed E-state index contributed by atoms with van der Waals surface area (Å²) in [7, 11) is -3.75. The Morgan fingerprint density at radius 2 is 1.84 bits per heavy atom. The molecule has 0 spiro atoms. The molecular weight excluding hydrogens is 385 g/mol. The summed E-state index contributed by atoms with van der Waals surface area (Å²) in [6, 6.07) is 13.7. The van der Waals surface area contributed by atoms with E-state index in [0.29, 0.717) is 15.6 Å². The van der Waals surface area contributed by atoms with Crippen LogP contribution in [0.15, 0.2) is 53.9 Å². The molecule has 0 aromatic heterocycles. The molecule has 0 aliphatic heterocycles. The van der Waals surface area contributed by atoms with Crippen molar-refractivity contribution in [1.29, 1.82) is 0 Å². The highest BCUT2D eigenvalue weighted by molar-refractivity contribution is 7.92. The number of sulfonamides is 1. The van der Waals surface area contributed by atoms with E-state index in [1.807, 2.05) is 6.07 Å². The zero-order valence-electron chi connectivity index (χ0n) is 13.0. The number of nitrogens with one attached hydrogen (secondary N) is 1. The molecule has 2 aromatic rings. The van der Waals surface area contributed by atoms with Crippen molar-refractivity contribution >= 4 is 45.3 Å². The topological polar surface area (TPSA) is 72.5 Å². The molecule has 0 aliphatic carbocycles. The van der Waals surface area contributed by atoms with Crippen molar-refractivity contribution in [1.82, 2.24) is 4.72 Å². The van der Waals surface area contributed by atoms with Crippen molar-refractivity contribution in [3.05, 3.63) is 75.1 Å². The number of halogens is 2. The maximum atomic E-state index is 11.8. The van der Waals surface area contributed by atoms with Gasteiger partial charge in [0.25, 0.3) is 0 Å². The normalized spacial score (nSPS) is 11.6. The van der Waals surface area contributed by atoms with Crippen LogP contribution in [0.25, 0.3) is 6.08 Å². The summed E-state index contributed by atoms with van der Waals surface area (Å²) in [5.74, 6) is -0.720. The average Bonchev–Trinajstić information content (AvgIpc) is 2.59. The largest absolute Gasteiger partial charge is 0.460 e. The van der Waals surface area contributed by atoms with Crippen molar-refractivity contribution in [3.63, 3.8) is 0 Å². The first-order valence-corrected chi connectivity index (χ1v) is 9.48. The lowest BCUT2D eigenvalue weighted by Gasteiger charge is -2.07. The highest BCUT2D eigenvalue weighted by Gasteiger charge is 2.11. The SMILES string of the molecule is O=C(CNS(=O)(=O)/C=C/c1ccccc1)OCc1ccc(Cl)cc1Cl. The van der Waals surface area contributed by atoms with Gasteiger partial charge in [0.1, 0.15) is 13.2 Å². The van der Waals surface area contributed by atoms with E-state index in [9.17, 15) is 13.2 Å². The highest BCUT2D eigenvalue weighted by atomic mass is 35.5. The van der Waals surface area contributed by atoms with Crippen LogP contribution in [0.1, 0.15) is 11.1 Å². The van der Waals surface area contributed by atoms with E-state index >= 15 is 0 Å². The van der Waals surface area contributed by atoms with Crippen molar-refractivity contribution in [2.45, 2.75) is 6.61 Å². The summed E-state index contributed by atoms with van der Waals surface area (Å²) in [5.41, 5.74) is 1.30. The monoisotopic (exact) mass is 399 g/mol. The van der Waals surface area contributed by atoms with Crippen LogP contribution in [-0.4, -0.2) is 20.9 Å². The van der Waals surface area contributed by atoms with Gasteiger partial charge in [-0.25, -0.2) is 13.1 Å². The second kappa shape index (κ2) is 9.01. The van der Waals surface area contributed by atoms with E-state index in [1.165, 1.54) is 12.1 Å². The molecule has 0 fully saturated rings. The predicted molar refractivity (Wildman–Crippen MR) is 98.7 cm³/mol. The number of rotatable bonds is 7.